The van der Waals surface area contributed by atoms with Gasteiger partial charge in [0, 0.05) is 26.2 Å². The minimum Gasteiger partial charge on any atom is -0.395 e. The van der Waals surface area contributed by atoms with E-state index in [0.717, 1.165) is 19.6 Å². The highest BCUT2D eigenvalue weighted by Crippen LogP contribution is 2.14. The van der Waals surface area contributed by atoms with Gasteiger partial charge in [0.15, 0.2) is 0 Å². The molecule has 2 N–H and O–H groups in total. The first-order valence-corrected chi connectivity index (χ1v) is 7.44. The smallest absolute Gasteiger partial charge is 0.0638 e. The van der Waals surface area contributed by atoms with Crippen LogP contribution in [0.25, 0.3) is 0 Å². The summed E-state index contributed by atoms with van der Waals surface area (Å²) in [4.78, 5) is 2.48. The van der Waals surface area contributed by atoms with Crippen LogP contribution in [0.1, 0.15) is 18.4 Å². The lowest BCUT2D eigenvalue weighted by molar-refractivity contribution is 0.105. The summed E-state index contributed by atoms with van der Waals surface area (Å²) in [6, 6.07) is 11.1. The van der Waals surface area contributed by atoms with E-state index in [2.05, 4.69) is 40.5 Å². The number of nitrogens with zero attached hydrogens (tertiary/aromatic N) is 1. The first-order chi connectivity index (χ1) is 9.81. The normalized spacial score (nSPS) is 21.8. The molecule has 20 heavy (non-hydrogen) atoms. The lowest BCUT2D eigenvalue weighted by Gasteiger charge is -2.35. The number of methoxy groups -OCH3 is 1. The van der Waals surface area contributed by atoms with E-state index in [1.807, 2.05) is 0 Å². The van der Waals surface area contributed by atoms with Crippen LogP contribution in [0.5, 0.6) is 0 Å². The van der Waals surface area contributed by atoms with Crippen molar-refractivity contribution in [1.82, 2.24) is 10.2 Å². The van der Waals surface area contributed by atoms with Crippen LogP contribution >= 0.6 is 0 Å². The van der Waals surface area contributed by atoms with Gasteiger partial charge in [-0.1, -0.05) is 30.3 Å². The Bertz CT molecular complexity index is 372. The minimum absolute atomic E-state index is 0.0432. The molecular weight excluding hydrogens is 252 g/mol. The van der Waals surface area contributed by atoms with Crippen molar-refractivity contribution in [1.29, 1.82) is 0 Å². The molecule has 1 aromatic rings. The summed E-state index contributed by atoms with van der Waals surface area (Å²) < 4.78 is 5.12. The number of likely N-dealkylation sites (tertiary alicyclic amines) is 1. The number of nitrogens with one attached hydrogen (secondary N) is 1. The van der Waals surface area contributed by atoms with E-state index in [-0.39, 0.29) is 12.6 Å². The number of hydrogen-bond donors (Lipinski definition) is 2. The van der Waals surface area contributed by atoms with Gasteiger partial charge in [0.25, 0.3) is 0 Å². The monoisotopic (exact) mass is 278 g/mol. The first-order valence-electron chi connectivity index (χ1n) is 7.44. The second-order valence-corrected chi connectivity index (χ2v) is 5.56. The minimum atomic E-state index is 0.0432. The number of rotatable bonds is 7. The Morgan fingerprint density at radius 1 is 1.40 bits per heavy atom. The highest BCUT2D eigenvalue weighted by molar-refractivity contribution is 5.14. The van der Waals surface area contributed by atoms with E-state index in [0.29, 0.717) is 12.6 Å². The van der Waals surface area contributed by atoms with Crippen molar-refractivity contribution < 1.29 is 9.84 Å². The van der Waals surface area contributed by atoms with Gasteiger partial charge in [0.1, 0.15) is 0 Å². The molecule has 1 aromatic carbocycles. The fraction of sp³-hybridized carbons (Fsp3) is 0.625. The van der Waals surface area contributed by atoms with Crippen molar-refractivity contribution in [3.63, 3.8) is 0 Å². The first kappa shape index (κ1) is 15.4. The Hall–Kier alpha value is -0.940. The Balaban J connectivity index is 1.82. The summed E-state index contributed by atoms with van der Waals surface area (Å²) in [6.07, 6.45) is 2.38. The van der Waals surface area contributed by atoms with Crippen molar-refractivity contribution in [2.24, 2.45) is 0 Å². The molecule has 1 fully saturated rings. The molecule has 2 atom stereocenters. The van der Waals surface area contributed by atoms with Crippen molar-refractivity contribution in [3.8, 4) is 0 Å². The van der Waals surface area contributed by atoms with Crippen LogP contribution in [0.4, 0.5) is 0 Å². The third kappa shape index (κ3) is 4.87. The summed E-state index contributed by atoms with van der Waals surface area (Å²) in [5.74, 6) is 0. The lowest BCUT2D eigenvalue weighted by atomic mass is 10.0. The number of aliphatic hydroxyl groups excluding tert-OH is 1. The number of hydrogen-bond acceptors (Lipinski definition) is 4. The van der Waals surface area contributed by atoms with Gasteiger partial charge in [0.2, 0.25) is 0 Å². The highest BCUT2D eigenvalue weighted by Gasteiger charge is 2.22. The van der Waals surface area contributed by atoms with Gasteiger partial charge < -0.3 is 15.2 Å². The van der Waals surface area contributed by atoms with Gasteiger partial charge in [-0.25, -0.2) is 0 Å². The maximum absolute atomic E-state index is 9.33. The van der Waals surface area contributed by atoms with Crippen LogP contribution in [0.2, 0.25) is 0 Å². The molecule has 0 radical (unpaired) electrons. The SMILES string of the molecule is COCC(CO)NC1CCCN(Cc2ccccc2)C1. The molecule has 2 rings (SSSR count). The zero-order valence-corrected chi connectivity index (χ0v) is 12.3. The number of ether oxygens (including phenoxy) is 1. The predicted molar refractivity (Wildman–Crippen MR) is 80.6 cm³/mol. The second kappa shape index (κ2) is 8.37. The number of benzene rings is 1. The topological polar surface area (TPSA) is 44.7 Å². The molecule has 0 aromatic heterocycles. The predicted octanol–water partition coefficient (Wildman–Crippen LogP) is 1.25. The molecule has 4 nitrogen and oxygen atoms in total. The van der Waals surface area contributed by atoms with Crippen molar-refractivity contribution in [2.75, 3.05) is 33.4 Å². The van der Waals surface area contributed by atoms with E-state index in [4.69, 9.17) is 4.74 Å². The van der Waals surface area contributed by atoms with E-state index < -0.39 is 0 Å². The number of aliphatic hydroxyl groups is 1. The summed E-state index contributed by atoms with van der Waals surface area (Å²) >= 11 is 0. The summed E-state index contributed by atoms with van der Waals surface area (Å²) in [5.41, 5.74) is 1.36. The molecule has 0 amide bonds. The molecule has 1 saturated heterocycles. The van der Waals surface area contributed by atoms with Crippen LogP contribution < -0.4 is 5.32 Å². The van der Waals surface area contributed by atoms with E-state index in [1.165, 1.54) is 18.4 Å². The van der Waals surface area contributed by atoms with Gasteiger partial charge in [-0.3, -0.25) is 4.90 Å². The van der Waals surface area contributed by atoms with E-state index in [9.17, 15) is 5.11 Å². The van der Waals surface area contributed by atoms with Gasteiger partial charge in [-0.2, -0.15) is 0 Å². The van der Waals surface area contributed by atoms with Crippen LogP contribution in [0, 0.1) is 0 Å². The average Bonchev–Trinajstić information content (AvgIpc) is 2.48. The summed E-state index contributed by atoms with van der Waals surface area (Å²) in [5, 5.41) is 12.8. The zero-order chi connectivity index (χ0) is 14.2. The van der Waals surface area contributed by atoms with Crippen LogP contribution in [-0.4, -0.2) is 55.5 Å². The fourth-order valence-electron chi connectivity index (χ4n) is 2.86. The van der Waals surface area contributed by atoms with Crippen molar-refractivity contribution >= 4 is 0 Å². The van der Waals surface area contributed by atoms with E-state index in [1.54, 1.807) is 7.11 Å². The summed E-state index contributed by atoms with van der Waals surface area (Å²) in [6.45, 7) is 3.89. The largest absolute Gasteiger partial charge is 0.395 e. The lowest BCUT2D eigenvalue weighted by Crippen LogP contribution is -2.51. The van der Waals surface area contributed by atoms with Gasteiger partial charge in [0.05, 0.1) is 19.3 Å². The second-order valence-electron chi connectivity index (χ2n) is 5.56. The maximum Gasteiger partial charge on any atom is 0.0638 e. The maximum atomic E-state index is 9.33. The molecule has 0 bridgehead atoms. The molecular formula is C16H26N2O2. The molecule has 4 heteroatoms. The Morgan fingerprint density at radius 3 is 2.90 bits per heavy atom. The molecule has 2 unspecified atom stereocenters. The molecule has 0 saturated carbocycles. The fourth-order valence-corrected chi connectivity index (χ4v) is 2.86. The molecule has 1 heterocycles. The molecule has 0 spiro atoms. The van der Waals surface area contributed by atoms with Gasteiger partial charge >= 0.3 is 0 Å². The van der Waals surface area contributed by atoms with Crippen LogP contribution in [-0.2, 0) is 11.3 Å². The van der Waals surface area contributed by atoms with E-state index >= 15 is 0 Å². The Kier molecular flexibility index (Phi) is 6.47. The molecule has 0 aliphatic carbocycles. The van der Waals surface area contributed by atoms with Gasteiger partial charge in [-0.05, 0) is 24.9 Å². The molecule has 1 aliphatic rings. The Labute approximate surface area is 121 Å². The van der Waals surface area contributed by atoms with Gasteiger partial charge in [-0.15, -0.1) is 0 Å². The quantitative estimate of drug-likeness (QED) is 0.788. The standard InChI is InChI=1S/C16H26N2O2/c1-20-13-16(12-19)17-15-8-5-9-18(11-15)10-14-6-3-2-4-7-14/h2-4,6-7,15-17,19H,5,8-13H2,1H3. The molecule has 112 valence electrons. The molecule has 1 aliphatic heterocycles. The Morgan fingerprint density at radius 2 is 2.20 bits per heavy atom. The highest BCUT2D eigenvalue weighted by atomic mass is 16.5. The summed E-state index contributed by atoms with van der Waals surface area (Å²) in [7, 11) is 1.67. The van der Waals surface area contributed by atoms with Crippen molar-refractivity contribution in [3.05, 3.63) is 35.9 Å². The third-order valence-corrected chi connectivity index (χ3v) is 3.81. The van der Waals surface area contributed by atoms with Crippen LogP contribution in [0.3, 0.4) is 0 Å². The third-order valence-electron chi connectivity index (χ3n) is 3.81. The zero-order valence-electron chi connectivity index (χ0n) is 12.3. The number of piperidine rings is 1. The van der Waals surface area contributed by atoms with Crippen molar-refractivity contribution in [2.45, 2.75) is 31.5 Å². The average molecular weight is 278 g/mol. The van der Waals surface area contributed by atoms with Crippen LogP contribution in [0.15, 0.2) is 30.3 Å².